The van der Waals surface area contributed by atoms with E-state index in [9.17, 15) is 0 Å². The molecule has 11 rings (SSSR count). The molecule has 0 aliphatic rings. The van der Waals surface area contributed by atoms with Gasteiger partial charge >= 0.3 is 0 Å². The highest BCUT2D eigenvalue weighted by Gasteiger charge is 2.15. The predicted molar refractivity (Wildman–Crippen MR) is 222 cm³/mol. The van der Waals surface area contributed by atoms with Gasteiger partial charge in [-0.25, -0.2) is 24.9 Å². The Balaban J connectivity index is 1.01. The van der Waals surface area contributed by atoms with E-state index in [1.54, 1.807) is 0 Å². The third kappa shape index (κ3) is 4.98. The number of pyridine rings is 5. The minimum atomic E-state index is 0.878. The summed E-state index contributed by atoms with van der Waals surface area (Å²) < 4.78 is 0. The van der Waals surface area contributed by atoms with Crippen molar-refractivity contribution < 1.29 is 0 Å². The van der Waals surface area contributed by atoms with Gasteiger partial charge in [-0.2, -0.15) is 0 Å². The Labute approximate surface area is 310 Å². The molecule has 11 aromatic rings. The molecule has 5 aromatic heterocycles. The zero-order valence-corrected chi connectivity index (χ0v) is 29.0. The smallest absolute Gasteiger partial charge is 0.0972 e. The Morgan fingerprint density at radius 3 is 1.24 bits per heavy atom. The first-order chi connectivity index (χ1) is 26.7. The summed E-state index contributed by atoms with van der Waals surface area (Å²) in [5, 5.41) is 6.27. The summed E-state index contributed by atoms with van der Waals surface area (Å²) in [6, 6.07) is 60.8. The van der Waals surface area contributed by atoms with Crippen molar-refractivity contribution >= 4 is 65.4 Å². The van der Waals surface area contributed by atoms with E-state index in [1.165, 1.54) is 0 Å². The van der Waals surface area contributed by atoms with E-state index >= 15 is 0 Å². The van der Waals surface area contributed by atoms with Crippen molar-refractivity contribution in [2.45, 2.75) is 0 Å². The second kappa shape index (κ2) is 12.1. The zero-order chi connectivity index (χ0) is 35.6. The standard InChI is InChI=1S/C49H29N5/c1-3-9-30(10-4-1)40-26-23-34-19-20-35-24-27-41(51-46(35)45(34)50-40)31-15-17-32(18-16-31)42-28-25-36-21-22-37-29-39-44(33-11-5-2-6-12-33)53-43-14-8-7-13-38(43)49(39)54-48(37)47(36)52-42/h1-29H. The number of hydrogen-bond donors (Lipinski definition) is 0. The van der Waals surface area contributed by atoms with E-state index in [2.05, 4.69) is 146 Å². The molecular weight excluding hydrogens is 659 g/mol. The Morgan fingerprint density at radius 1 is 0.259 bits per heavy atom. The maximum Gasteiger partial charge on any atom is 0.0972 e. The molecule has 6 aromatic carbocycles. The lowest BCUT2D eigenvalue weighted by molar-refractivity contribution is 1.36. The van der Waals surface area contributed by atoms with Crippen molar-refractivity contribution in [2.75, 3.05) is 0 Å². The number of fused-ring (bicyclic) bond motifs is 9. The average Bonchev–Trinajstić information content (AvgIpc) is 3.25. The summed E-state index contributed by atoms with van der Waals surface area (Å²) in [6.07, 6.45) is 0. The summed E-state index contributed by atoms with van der Waals surface area (Å²) in [6.45, 7) is 0. The number of nitrogens with zero attached hydrogens (tertiary/aromatic N) is 5. The summed E-state index contributed by atoms with van der Waals surface area (Å²) in [5.74, 6) is 0. The second-order valence-electron chi connectivity index (χ2n) is 13.7. The van der Waals surface area contributed by atoms with Crippen LogP contribution in [-0.4, -0.2) is 24.9 Å². The molecule has 0 unspecified atom stereocenters. The van der Waals surface area contributed by atoms with E-state index in [-0.39, 0.29) is 0 Å². The van der Waals surface area contributed by atoms with Crippen molar-refractivity contribution in [2.24, 2.45) is 0 Å². The quantitative estimate of drug-likeness (QED) is 0.136. The molecule has 0 saturated carbocycles. The van der Waals surface area contributed by atoms with Crippen molar-refractivity contribution in [3.8, 4) is 45.0 Å². The van der Waals surface area contributed by atoms with E-state index in [0.29, 0.717) is 0 Å². The highest BCUT2D eigenvalue weighted by Crippen LogP contribution is 2.36. The maximum atomic E-state index is 5.36. The van der Waals surface area contributed by atoms with Crippen molar-refractivity contribution in [1.29, 1.82) is 0 Å². The minimum absolute atomic E-state index is 0.878. The molecule has 5 heterocycles. The van der Waals surface area contributed by atoms with E-state index < -0.39 is 0 Å². The minimum Gasteiger partial charge on any atom is -0.247 e. The first-order valence-electron chi connectivity index (χ1n) is 18.1. The molecule has 5 heteroatoms. The van der Waals surface area contributed by atoms with Crippen LogP contribution in [0.5, 0.6) is 0 Å². The normalized spacial score (nSPS) is 11.7. The molecule has 0 atom stereocenters. The Hall–Kier alpha value is -7.37. The zero-order valence-electron chi connectivity index (χ0n) is 29.0. The molecule has 0 radical (unpaired) electrons. The van der Waals surface area contributed by atoms with Crippen LogP contribution in [0.1, 0.15) is 0 Å². The summed E-state index contributed by atoms with van der Waals surface area (Å²) in [5.41, 5.74) is 13.3. The number of benzene rings is 6. The summed E-state index contributed by atoms with van der Waals surface area (Å²) in [4.78, 5) is 26.0. The fourth-order valence-corrected chi connectivity index (χ4v) is 7.64. The lowest BCUT2D eigenvalue weighted by atomic mass is 10.0. The van der Waals surface area contributed by atoms with Crippen LogP contribution in [0.3, 0.4) is 0 Å². The van der Waals surface area contributed by atoms with Gasteiger partial charge in [0.05, 0.1) is 55.9 Å². The van der Waals surface area contributed by atoms with Crippen LogP contribution in [0.4, 0.5) is 0 Å². The van der Waals surface area contributed by atoms with Crippen LogP contribution in [0.25, 0.3) is 110 Å². The molecule has 0 aliphatic carbocycles. The average molecular weight is 688 g/mol. The third-order valence-electron chi connectivity index (χ3n) is 10.4. The maximum absolute atomic E-state index is 5.36. The van der Waals surface area contributed by atoms with Crippen molar-refractivity contribution in [3.05, 3.63) is 176 Å². The number of hydrogen-bond acceptors (Lipinski definition) is 5. The molecule has 0 amide bonds. The molecule has 0 saturated heterocycles. The van der Waals surface area contributed by atoms with Gasteiger partial charge in [-0.15, -0.1) is 0 Å². The molecular formula is C49H29N5. The van der Waals surface area contributed by atoms with Gasteiger partial charge in [-0.3, -0.25) is 0 Å². The van der Waals surface area contributed by atoms with E-state index in [1.807, 2.05) is 30.3 Å². The van der Waals surface area contributed by atoms with Crippen LogP contribution < -0.4 is 0 Å². The predicted octanol–water partition coefficient (Wildman–Crippen LogP) is 12.2. The van der Waals surface area contributed by atoms with Gasteiger partial charge in [0.25, 0.3) is 0 Å². The number of para-hydroxylation sites is 1. The lowest BCUT2D eigenvalue weighted by Gasteiger charge is -2.12. The van der Waals surface area contributed by atoms with Gasteiger partial charge in [-0.1, -0.05) is 146 Å². The molecule has 0 bridgehead atoms. The Morgan fingerprint density at radius 2 is 0.685 bits per heavy atom. The van der Waals surface area contributed by atoms with Gasteiger partial charge in [0.2, 0.25) is 0 Å². The summed E-state index contributed by atoms with van der Waals surface area (Å²) in [7, 11) is 0. The second-order valence-corrected chi connectivity index (χ2v) is 13.7. The van der Waals surface area contributed by atoms with E-state index in [0.717, 1.165) is 110 Å². The van der Waals surface area contributed by atoms with Gasteiger partial charge in [0, 0.05) is 54.6 Å². The van der Waals surface area contributed by atoms with Gasteiger partial charge < -0.3 is 0 Å². The van der Waals surface area contributed by atoms with Crippen LogP contribution in [-0.2, 0) is 0 Å². The largest absolute Gasteiger partial charge is 0.247 e. The van der Waals surface area contributed by atoms with Gasteiger partial charge in [0.15, 0.2) is 0 Å². The highest BCUT2D eigenvalue weighted by atomic mass is 14.8. The lowest BCUT2D eigenvalue weighted by Crippen LogP contribution is -1.94. The monoisotopic (exact) mass is 687 g/mol. The molecule has 0 fully saturated rings. The number of aromatic nitrogens is 5. The highest BCUT2D eigenvalue weighted by molar-refractivity contribution is 6.15. The van der Waals surface area contributed by atoms with Crippen LogP contribution in [0.15, 0.2) is 176 Å². The molecule has 250 valence electrons. The summed E-state index contributed by atoms with van der Waals surface area (Å²) >= 11 is 0. The molecule has 5 nitrogen and oxygen atoms in total. The van der Waals surface area contributed by atoms with Crippen molar-refractivity contribution in [1.82, 2.24) is 24.9 Å². The third-order valence-corrected chi connectivity index (χ3v) is 10.4. The SMILES string of the molecule is c1ccc(-c2ccc3ccc4ccc(-c5ccc(-c6ccc7ccc8cc9c(-c%10ccccc%10)nc%10ccccc%10c9nc8c7n6)cc5)nc4c3n2)cc1. The number of rotatable bonds is 4. The molecule has 0 aliphatic heterocycles. The fraction of sp³-hybridized carbons (Fsp3) is 0. The molecule has 0 N–H and O–H groups in total. The first-order valence-corrected chi connectivity index (χ1v) is 18.1. The molecule has 54 heavy (non-hydrogen) atoms. The van der Waals surface area contributed by atoms with Crippen LogP contribution in [0, 0.1) is 0 Å². The topological polar surface area (TPSA) is 64.5 Å². The van der Waals surface area contributed by atoms with Crippen molar-refractivity contribution in [3.63, 3.8) is 0 Å². The fourth-order valence-electron chi connectivity index (χ4n) is 7.64. The van der Waals surface area contributed by atoms with Crippen LogP contribution >= 0.6 is 0 Å². The van der Waals surface area contributed by atoms with Gasteiger partial charge in [0.1, 0.15) is 0 Å². The van der Waals surface area contributed by atoms with Gasteiger partial charge in [-0.05, 0) is 30.3 Å². The molecule has 0 spiro atoms. The van der Waals surface area contributed by atoms with E-state index in [4.69, 9.17) is 24.9 Å². The Kier molecular flexibility index (Phi) is 6.79. The Bertz CT molecular complexity index is 3250. The first kappa shape index (κ1) is 30.3. The van der Waals surface area contributed by atoms with Crippen LogP contribution in [0.2, 0.25) is 0 Å².